The minimum atomic E-state index is -4.51. The van der Waals surface area contributed by atoms with Crippen LogP contribution in [0.4, 0.5) is 30.8 Å². The number of ether oxygens (including phenoxy) is 1. The Morgan fingerprint density at radius 1 is 1.24 bits per heavy atom. The lowest BCUT2D eigenvalue weighted by Gasteiger charge is -2.27. The fraction of sp³-hybridized carbons (Fsp3) is 0.632. The summed E-state index contributed by atoms with van der Waals surface area (Å²) in [5.74, 6) is 1.60. The molecule has 0 aromatic carbocycles. The van der Waals surface area contributed by atoms with E-state index < -0.39 is 11.7 Å². The standard InChI is InChI=1S/C19H23F3N6O/c1-10-7-27-8-12(10)9-29-15-11(2)26-28(13-4-3-5-13)17(15)25-18-23-6-14(16(27)24-18)19(20,21)22/h6,10,12-13H,3-5,7-9H2,1-2H3,(H,23,24,25)/t10-,12-/m1/s1. The van der Waals surface area contributed by atoms with E-state index >= 15 is 0 Å². The summed E-state index contributed by atoms with van der Waals surface area (Å²) in [6, 6.07) is 0.256. The first-order chi connectivity index (χ1) is 13.8. The second kappa shape index (κ2) is 6.50. The molecule has 1 aliphatic carbocycles. The van der Waals surface area contributed by atoms with E-state index in [1.54, 1.807) is 4.90 Å². The van der Waals surface area contributed by atoms with E-state index in [2.05, 4.69) is 20.4 Å². The van der Waals surface area contributed by atoms with E-state index in [1.807, 2.05) is 18.5 Å². The molecule has 1 saturated carbocycles. The second-order valence-corrected chi connectivity index (χ2v) is 8.30. The Hall–Kier alpha value is -2.52. The summed E-state index contributed by atoms with van der Waals surface area (Å²) in [4.78, 5) is 9.97. The van der Waals surface area contributed by atoms with Crippen LogP contribution < -0.4 is 15.0 Å². The van der Waals surface area contributed by atoms with Crippen molar-refractivity contribution < 1.29 is 17.9 Å². The van der Waals surface area contributed by atoms with E-state index in [4.69, 9.17) is 4.74 Å². The molecule has 1 N–H and O–H groups in total. The lowest BCUT2D eigenvalue weighted by Crippen LogP contribution is -2.26. The highest BCUT2D eigenvalue weighted by molar-refractivity contribution is 5.62. The summed E-state index contributed by atoms with van der Waals surface area (Å²) in [5.41, 5.74) is -0.0479. The fourth-order valence-electron chi connectivity index (χ4n) is 4.31. The van der Waals surface area contributed by atoms with Gasteiger partial charge >= 0.3 is 6.18 Å². The summed E-state index contributed by atoms with van der Waals surface area (Å²) < 4.78 is 48.9. The lowest BCUT2D eigenvalue weighted by atomic mass is 9.93. The van der Waals surface area contributed by atoms with Crippen molar-refractivity contribution in [1.29, 1.82) is 0 Å². The largest absolute Gasteiger partial charge is 0.487 e. The van der Waals surface area contributed by atoms with Gasteiger partial charge < -0.3 is 15.0 Å². The van der Waals surface area contributed by atoms with Crippen LogP contribution in [0, 0.1) is 18.8 Å². The molecule has 2 aliphatic heterocycles. The van der Waals surface area contributed by atoms with Crippen LogP contribution in [-0.4, -0.2) is 39.4 Å². The zero-order valence-corrected chi connectivity index (χ0v) is 16.3. The number of halogens is 3. The summed E-state index contributed by atoms with van der Waals surface area (Å²) in [6.07, 6.45) is -0.475. The van der Waals surface area contributed by atoms with Gasteiger partial charge in [-0.05, 0) is 32.1 Å². The minimum absolute atomic E-state index is 0.0702. The third kappa shape index (κ3) is 3.08. The Labute approximate surface area is 166 Å². The molecule has 1 saturated heterocycles. The number of nitrogens with zero attached hydrogens (tertiary/aromatic N) is 5. The maximum absolute atomic E-state index is 13.6. The molecule has 29 heavy (non-hydrogen) atoms. The highest BCUT2D eigenvalue weighted by Crippen LogP contribution is 2.42. The van der Waals surface area contributed by atoms with Crippen molar-refractivity contribution in [1.82, 2.24) is 19.7 Å². The quantitative estimate of drug-likeness (QED) is 0.771. The average molecular weight is 408 g/mol. The summed E-state index contributed by atoms with van der Waals surface area (Å²) in [5, 5.41) is 7.75. The Morgan fingerprint density at radius 2 is 2.03 bits per heavy atom. The van der Waals surface area contributed by atoms with Crippen molar-refractivity contribution >= 4 is 17.6 Å². The molecule has 10 heteroatoms. The predicted octanol–water partition coefficient (Wildman–Crippen LogP) is 3.93. The van der Waals surface area contributed by atoms with Crippen molar-refractivity contribution in [3.8, 4) is 5.75 Å². The van der Waals surface area contributed by atoms with Gasteiger partial charge in [0.2, 0.25) is 5.95 Å². The van der Waals surface area contributed by atoms with Crippen LogP contribution in [0.25, 0.3) is 0 Å². The maximum Gasteiger partial charge on any atom is 0.421 e. The Morgan fingerprint density at radius 3 is 2.72 bits per heavy atom. The lowest BCUT2D eigenvalue weighted by molar-refractivity contribution is -0.137. The SMILES string of the molecule is Cc1nn(C2CCC2)c2c1OC[C@H]1CN(C[C@H]1C)c1nc(ncc1C(F)(F)F)N2. The molecule has 2 aromatic rings. The maximum atomic E-state index is 13.6. The van der Waals surface area contributed by atoms with Gasteiger partial charge in [-0.1, -0.05) is 6.92 Å². The van der Waals surface area contributed by atoms with Gasteiger partial charge in [0, 0.05) is 25.2 Å². The number of nitrogens with one attached hydrogen (secondary N) is 1. The molecule has 0 spiro atoms. The van der Waals surface area contributed by atoms with Crippen LogP contribution in [0.2, 0.25) is 0 Å². The first kappa shape index (κ1) is 18.5. The summed E-state index contributed by atoms with van der Waals surface area (Å²) in [7, 11) is 0. The Kier molecular flexibility index (Phi) is 4.15. The van der Waals surface area contributed by atoms with Crippen LogP contribution in [0.15, 0.2) is 6.20 Å². The monoisotopic (exact) mass is 408 g/mol. The van der Waals surface area contributed by atoms with Gasteiger partial charge in [0.1, 0.15) is 17.1 Å². The van der Waals surface area contributed by atoms with Crippen molar-refractivity contribution in [2.45, 2.75) is 45.3 Å². The van der Waals surface area contributed by atoms with Gasteiger partial charge in [-0.15, -0.1) is 0 Å². The number of rotatable bonds is 1. The molecular weight excluding hydrogens is 385 g/mol. The van der Waals surface area contributed by atoms with E-state index in [9.17, 15) is 13.2 Å². The highest BCUT2D eigenvalue weighted by atomic mass is 19.4. The van der Waals surface area contributed by atoms with Crippen LogP contribution in [0.1, 0.15) is 43.5 Å². The minimum Gasteiger partial charge on any atom is -0.487 e. The molecule has 4 bridgehead atoms. The van der Waals surface area contributed by atoms with Crippen molar-refractivity contribution in [3.05, 3.63) is 17.5 Å². The van der Waals surface area contributed by atoms with E-state index in [0.717, 1.165) is 31.2 Å². The zero-order valence-electron chi connectivity index (χ0n) is 16.3. The van der Waals surface area contributed by atoms with Crippen molar-refractivity contribution in [2.75, 3.05) is 29.9 Å². The third-order valence-corrected chi connectivity index (χ3v) is 6.26. The van der Waals surface area contributed by atoms with Crippen LogP contribution in [-0.2, 0) is 6.18 Å². The number of hydrogen-bond donors (Lipinski definition) is 1. The highest BCUT2D eigenvalue weighted by Gasteiger charge is 2.41. The van der Waals surface area contributed by atoms with E-state index in [0.29, 0.717) is 31.3 Å². The fourth-order valence-corrected chi connectivity index (χ4v) is 4.31. The molecule has 3 aliphatic rings. The molecule has 4 heterocycles. The topological polar surface area (TPSA) is 68.1 Å². The molecule has 2 fully saturated rings. The average Bonchev–Trinajstić information content (AvgIpc) is 3.10. The molecular formula is C19H23F3N6O. The van der Waals surface area contributed by atoms with Crippen LogP contribution in [0.3, 0.4) is 0 Å². The van der Waals surface area contributed by atoms with Gasteiger partial charge in [-0.3, -0.25) is 0 Å². The molecule has 2 atom stereocenters. The van der Waals surface area contributed by atoms with E-state index in [1.165, 1.54) is 0 Å². The molecule has 156 valence electrons. The number of hydrogen-bond acceptors (Lipinski definition) is 6. The van der Waals surface area contributed by atoms with E-state index in [-0.39, 0.29) is 29.6 Å². The number of aryl methyl sites for hydroxylation is 1. The van der Waals surface area contributed by atoms with Gasteiger partial charge in [-0.25, -0.2) is 9.67 Å². The Bertz CT molecular complexity index is 939. The van der Waals surface area contributed by atoms with Gasteiger partial charge in [-0.2, -0.15) is 23.3 Å². The number of anilines is 3. The van der Waals surface area contributed by atoms with Gasteiger partial charge in [0.25, 0.3) is 0 Å². The molecule has 0 amide bonds. The molecule has 2 aromatic heterocycles. The normalized spacial score (nSPS) is 24.2. The van der Waals surface area contributed by atoms with Crippen molar-refractivity contribution in [2.24, 2.45) is 11.8 Å². The molecule has 0 radical (unpaired) electrons. The van der Waals surface area contributed by atoms with Gasteiger partial charge in [0.15, 0.2) is 11.6 Å². The second-order valence-electron chi connectivity index (χ2n) is 8.30. The summed E-state index contributed by atoms with van der Waals surface area (Å²) >= 11 is 0. The number of aromatic nitrogens is 4. The van der Waals surface area contributed by atoms with Crippen molar-refractivity contribution in [3.63, 3.8) is 0 Å². The Balaban J connectivity index is 1.64. The zero-order chi connectivity index (χ0) is 20.3. The number of fused-ring (bicyclic) bond motifs is 6. The summed E-state index contributed by atoms with van der Waals surface area (Å²) in [6.45, 7) is 5.32. The van der Waals surface area contributed by atoms with Gasteiger partial charge in [0.05, 0.1) is 12.6 Å². The van der Waals surface area contributed by atoms with Crippen LogP contribution >= 0.6 is 0 Å². The molecule has 0 unspecified atom stereocenters. The molecule has 7 nitrogen and oxygen atoms in total. The molecule has 5 rings (SSSR count). The smallest absolute Gasteiger partial charge is 0.421 e. The first-order valence-corrected chi connectivity index (χ1v) is 9.99. The third-order valence-electron chi connectivity index (χ3n) is 6.26. The first-order valence-electron chi connectivity index (χ1n) is 9.99. The van der Waals surface area contributed by atoms with Crippen LogP contribution in [0.5, 0.6) is 5.75 Å². The number of alkyl halides is 3. The predicted molar refractivity (Wildman–Crippen MR) is 101 cm³/mol.